The Morgan fingerprint density at radius 3 is 1.14 bits per heavy atom. The van der Waals surface area contributed by atoms with Crippen molar-refractivity contribution in [2.75, 3.05) is 13.1 Å². The van der Waals surface area contributed by atoms with E-state index in [1.807, 2.05) is 34.0 Å². The van der Waals surface area contributed by atoms with E-state index in [0.29, 0.717) is 47.2 Å². The predicted molar refractivity (Wildman–Crippen MR) is 452 cm³/mol. The number of carbonyl (C=O) groups excluding carboxylic acids is 4. The molecule has 14 heteroatoms. The van der Waals surface area contributed by atoms with Crippen molar-refractivity contribution >= 4 is 129 Å². The molecule has 6 nitrogen and oxygen atoms in total. The van der Waals surface area contributed by atoms with Gasteiger partial charge in [0.25, 0.3) is 23.6 Å². The monoisotopic (exact) mass is 1510 g/mol. The Bertz CT molecular complexity index is 3820. The first-order valence-electron chi connectivity index (χ1n) is 40.9. The molecule has 0 spiro atoms. The molecule has 0 saturated carbocycles. The van der Waals surface area contributed by atoms with Crippen molar-refractivity contribution in [2.24, 2.45) is 11.8 Å². The smallest absolute Gasteiger partial charge is 0.263 e. The molecule has 0 saturated heterocycles. The third-order valence-corrected chi connectivity index (χ3v) is 45.3. The van der Waals surface area contributed by atoms with Gasteiger partial charge < -0.3 is 0 Å². The lowest BCUT2D eigenvalue weighted by Crippen LogP contribution is -2.57. The average molecular weight is 1520 g/mol. The highest BCUT2D eigenvalue weighted by Crippen LogP contribution is 2.59. The van der Waals surface area contributed by atoms with Gasteiger partial charge in [0.05, 0.1) is 32.0 Å². The van der Waals surface area contributed by atoms with Gasteiger partial charge in [-0.15, -0.1) is 68.0 Å². The average Bonchev–Trinajstić information content (AvgIpc) is 1.53. The number of unbranched alkanes of at least 4 members (excludes halogenated alkanes) is 18. The van der Waals surface area contributed by atoms with Gasteiger partial charge in [-0.2, -0.15) is 0 Å². The van der Waals surface area contributed by atoms with Crippen LogP contribution in [0.25, 0.3) is 39.0 Å². The Balaban J connectivity index is 1.15. The summed E-state index contributed by atoms with van der Waals surface area (Å²) in [5, 5.41) is 6.54. The molecule has 4 aliphatic heterocycles. The molecule has 556 valence electrons. The molecule has 0 fully saturated rings. The molecule has 3 atom stereocenters. The summed E-state index contributed by atoms with van der Waals surface area (Å²) in [6.45, 7) is 43.4. The molecular formula is C87H130N2O4S6Si2. The van der Waals surface area contributed by atoms with E-state index in [0.717, 1.165) is 77.3 Å². The first-order valence-corrected chi connectivity index (χ1v) is 50.7. The van der Waals surface area contributed by atoms with Crippen molar-refractivity contribution in [3.8, 4) is 39.0 Å². The first-order chi connectivity index (χ1) is 48.3. The summed E-state index contributed by atoms with van der Waals surface area (Å²) in [7, 11) is -4.85. The van der Waals surface area contributed by atoms with Gasteiger partial charge in [0.15, 0.2) is 0 Å². The van der Waals surface area contributed by atoms with E-state index < -0.39 is 27.0 Å². The molecule has 0 bridgehead atoms. The number of hydrogen-bond donors (Lipinski definition) is 0. The fourth-order valence-corrected chi connectivity index (χ4v) is 41.3. The highest BCUT2D eigenvalue weighted by molar-refractivity contribution is 7.33. The summed E-state index contributed by atoms with van der Waals surface area (Å²) in [5.74, 6) is 0.836. The molecule has 10 rings (SSSR count). The lowest BCUT2D eigenvalue weighted by molar-refractivity contribution is 0.0635. The van der Waals surface area contributed by atoms with E-state index in [1.54, 1.807) is 53.2 Å². The number of fused-ring (bicyclic) bond motifs is 8. The van der Waals surface area contributed by atoms with Crippen LogP contribution in [0.5, 0.6) is 0 Å². The van der Waals surface area contributed by atoms with Crippen LogP contribution in [-0.4, -0.2) is 62.7 Å². The SMILES string of the molecule is CCCCCCCCN1C(=O)c2c(-c3cc4c(s3)-c3sc(C(C)(CC)C(C)(C)c5sc(-c6cc7c(s6)-c6sc(C(C)(C)C)cc6[Si]7(CCCCCC)CCCCCC)c6c5C(=O)N(CCCCCCCC)C6=O)cc3[Si]4(CC(CC)CCCC)CC(CC)CCCC)sc(C(C)(C)C)c2C1=O. The minimum Gasteiger partial charge on any atom is -0.274 e. The summed E-state index contributed by atoms with van der Waals surface area (Å²) in [4.78, 5) is 80.3. The zero-order chi connectivity index (χ0) is 73.0. The Labute approximate surface area is 638 Å². The normalized spacial score (nSPS) is 17.6. The Kier molecular flexibility index (Phi) is 27.1. The molecule has 4 amide bonds. The van der Waals surface area contributed by atoms with Gasteiger partial charge >= 0.3 is 0 Å². The Hall–Kier alpha value is -3.09. The molecule has 0 N–H and O–H groups in total. The number of thiophene rings is 6. The van der Waals surface area contributed by atoms with Crippen molar-refractivity contribution in [3.05, 3.63) is 66.0 Å². The van der Waals surface area contributed by atoms with Gasteiger partial charge in [-0.25, -0.2) is 0 Å². The molecule has 0 aliphatic carbocycles. The van der Waals surface area contributed by atoms with Crippen molar-refractivity contribution in [2.45, 2.75) is 357 Å². The van der Waals surface area contributed by atoms with Gasteiger partial charge in [0, 0.05) is 72.7 Å². The summed E-state index contributed by atoms with van der Waals surface area (Å²) < 4.78 is 0. The third kappa shape index (κ3) is 15.6. The largest absolute Gasteiger partial charge is 0.274 e. The maximum absolute atomic E-state index is 15.9. The van der Waals surface area contributed by atoms with Gasteiger partial charge in [-0.05, 0) is 111 Å². The second-order valence-electron chi connectivity index (χ2n) is 34.3. The van der Waals surface area contributed by atoms with E-state index in [2.05, 4.69) is 160 Å². The van der Waals surface area contributed by atoms with E-state index in [4.69, 9.17) is 0 Å². The minimum absolute atomic E-state index is 0.0496. The van der Waals surface area contributed by atoms with Crippen LogP contribution in [0.1, 0.15) is 372 Å². The fourth-order valence-electron chi connectivity index (χ4n) is 18.0. The molecule has 3 unspecified atom stereocenters. The van der Waals surface area contributed by atoms with Crippen LogP contribution in [0.15, 0.2) is 24.3 Å². The molecule has 4 aliphatic rings. The predicted octanol–water partition coefficient (Wildman–Crippen LogP) is 26.2. The molecule has 6 aromatic rings. The molecule has 6 aromatic heterocycles. The van der Waals surface area contributed by atoms with E-state index >= 15 is 14.4 Å². The summed E-state index contributed by atoms with van der Waals surface area (Å²) in [6, 6.07) is 15.7. The van der Waals surface area contributed by atoms with Gasteiger partial charge in [-0.1, -0.05) is 292 Å². The number of amides is 4. The lowest BCUT2D eigenvalue weighted by atomic mass is 9.62. The summed E-state index contributed by atoms with van der Waals surface area (Å²) >= 11 is 11.5. The second kappa shape index (κ2) is 34.0. The van der Waals surface area contributed by atoms with Gasteiger partial charge in [0.2, 0.25) is 0 Å². The highest BCUT2D eigenvalue weighted by Gasteiger charge is 2.56. The fraction of sp³-hybridized carbons (Fsp3) is 0.678. The van der Waals surface area contributed by atoms with E-state index in [9.17, 15) is 4.79 Å². The zero-order valence-electron chi connectivity index (χ0n) is 66.2. The molecule has 0 radical (unpaired) electrons. The van der Waals surface area contributed by atoms with Crippen LogP contribution >= 0.6 is 68.0 Å². The molecule has 10 heterocycles. The van der Waals surface area contributed by atoms with Crippen LogP contribution in [0, 0.1) is 11.8 Å². The van der Waals surface area contributed by atoms with Crippen molar-refractivity contribution < 1.29 is 19.2 Å². The third-order valence-electron chi connectivity index (χ3n) is 24.9. The second-order valence-corrected chi connectivity index (χ2v) is 48.9. The molecule has 0 aromatic carbocycles. The zero-order valence-corrected chi connectivity index (χ0v) is 73.1. The number of rotatable bonds is 42. The standard InChI is InChI=1S/C87H130N2O4S6Si2/c1-19-28-34-38-40-42-48-88-80(90)68-70(82(88)92)78(85(13,14)15)98-72(68)61-53-63-75(95-61)77-65(101(63,56-58(25-7)46-32-23-5)57-59(26-8)47-33-24-6)55-67(97-77)87(18,27-9)86(16,17)79-71-69(81(91)89(83(71)93)49-43-41-39-35-29-20-2)73(99-79)60-52-62-74(94-60)76-64(54-66(96-76)84(10,11)12)100(62,50-44-36-30-21-3)51-45-37-31-22-4/h52-55,58-59H,19-51,56-57H2,1-18H3. The van der Waals surface area contributed by atoms with Gasteiger partial charge in [-0.3, -0.25) is 29.0 Å². The van der Waals surface area contributed by atoms with Crippen LogP contribution < -0.4 is 20.7 Å². The Morgan fingerprint density at radius 1 is 0.356 bits per heavy atom. The quantitative estimate of drug-likeness (QED) is 0.0217. The number of nitrogens with zero attached hydrogens (tertiary/aromatic N) is 2. The van der Waals surface area contributed by atoms with Crippen LogP contribution in [0.3, 0.4) is 0 Å². The van der Waals surface area contributed by atoms with Crippen LogP contribution in [0.4, 0.5) is 0 Å². The summed E-state index contributed by atoms with van der Waals surface area (Å²) in [5.41, 5.74) is 1.42. The minimum atomic E-state index is -2.61. The van der Waals surface area contributed by atoms with Crippen molar-refractivity contribution in [1.29, 1.82) is 0 Å². The first kappa shape index (κ1) is 80.5. The van der Waals surface area contributed by atoms with Crippen molar-refractivity contribution in [1.82, 2.24) is 9.80 Å². The van der Waals surface area contributed by atoms with E-state index in [-0.39, 0.29) is 34.5 Å². The maximum Gasteiger partial charge on any atom is 0.263 e. The molecule has 101 heavy (non-hydrogen) atoms. The summed E-state index contributed by atoms with van der Waals surface area (Å²) in [6.07, 6.45) is 33.8. The number of imide groups is 2. The maximum atomic E-state index is 15.9. The number of hydrogen-bond acceptors (Lipinski definition) is 10. The van der Waals surface area contributed by atoms with E-state index in [1.165, 1.54) is 192 Å². The highest BCUT2D eigenvalue weighted by atomic mass is 32.1. The van der Waals surface area contributed by atoms with Gasteiger partial charge in [0.1, 0.15) is 16.1 Å². The van der Waals surface area contributed by atoms with Crippen LogP contribution in [-0.2, 0) is 21.7 Å². The van der Waals surface area contributed by atoms with Crippen molar-refractivity contribution in [3.63, 3.8) is 0 Å². The lowest BCUT2D eigenvalue weighted by Gasteiger charge is -2.44. The number of carbonyl (C=O) groups is 4. The van der Waals surface area contributed by atoms with Crippen LogP contribution in [0.2, 0.25) is 24.2 Å². The topological polar surface area (TPSA) is 74.8 Å². The molecular weight excluding hydrogens is 1390 g/mol. The Morgan fingerprint density at radius 2 is 0.713 bits per heavy atom.